The molecule has 8 aromatic rings. The van der Waals surface area contributed by atoms with Crippen LogP contribution < -0.4 is 0 Å². The van der Waals surface area contributed by atoms with Crippen LogP contribution in [0.2, 0.25) is 103 Å². The molecule has 16 heteroatoms. The number of hydrogen-bond donors (Lipinski definition) is 2. The van der Waals surface area contributed by atoms with Crippen LogP contribution in [0.3, 0.4) is 0 Å². The number of aromatic amines is 2. The molecule has 2 N–H and O–H groups in total. The van der Waals surface area contributed by atoms with E-state index in [1.807, 2.05) is 0 Å². The lowest BCUT2D eigenvalue weighted by molar-refractivity contribution is 0.0854. The van der Waals surface area contributed by atoms with Crippen molar-refractivity contribution in [1.29, 1.82) is 0 Å². The molecule has 9 heterocycles. The predicted octanol–water partition coefficient (Wildman–Crippen LogP) is 16.9. The number of rotatable bonds is 24. The van der Waals surface area contributed by atoms with Crippen LogP contribution in [0.25, 0.3) is 102 Å². The molecule has 7 aromatic heterocycles. The first-order valence-corrected chi connectivity index (χ1v) is 43.5. The monoisotopic (exact) mass is 1140 g/mol. The van der Waals surface area contributed by atoms with Crippen molar-refractivity contribution in [2.24, 2.45) is 0 Å². The quantitative estimate of drug-likeness (QED) is 0.0460. The maximum atomic E-state index is 6.83. The van der Waals surface area contributed by atoms with Gasteiger partial charge < -0.3 is 47.2 Å². The summed E-state index contributed by atoms with van der Waals surface area (Å²) >= 11 is 0. The Morgan fingerprint density at radius 2 is 0.812 bits per heavy atom. The summed E-state index contributed by atoms with van der Waals surface area (Å²) in [5.74, 6) is 0. The van der Waals surface area contributed by atoms with Gasteiger partial charge in [-0.1, -0.05) is 78.6 Å². The van der Waals surface area contributed by atoms with Crippen molar-refractivity contribution in [3.05, 3.63) is 132 Å². The van der Waals surface area contributed by atoms with E-state index in [0.717, 1.165) is 138 Å². The fourth-order valence-corrected chi connectivity index (χ4v) is 13.1. The second-order valence-electron chi connectivity index (χ2n) is 26.5. The van der Waals surface area contributed by atoms with Gasteiger partial charge in [-0.25, -0.2) is 9.97 Å². The van der Waals surface area contributed by atoms with Crippen molar-refractivity contribution in [3.8, 4) is 45.3 Å². The Kier molecular flexibility index (Phi) is 17.0. The summed E-state index contributed by atoms with van der Waals surface area (Å²) in [6.45, 7) is 33.4. The van der Waals surface area contributed by atoms with Gasteiger partial charge in [0, 0.05) is 104 Å². The van der Waals surface area contributed by atoms with E-state index in [9.17, 15) is 0 Å². The second-order valence-corrected chi connectivity index (χ2v) is 49.0. The zero-order valence-corrected chi connectivity index (χ0v) is 53.5. The predicted molar refractivity (Wildman–Crippen MR) is 346 cm³/mol. The third kappa shape index (κ3) is 14.0. The molecular weight excluding hydrogens is 1060 g/mol. The molecule has 0 aliphatic carbocycles. The highest BCUT2D eigenvalue weighted by Crippen LogP contribution is 2.42. The fraction of sp³-hybridized carbons (Fsp3) is 0.375. The van der Waals surface area contributed by atoms with Crippen molar-refractivity contribution in [3.63, 3.8) is 0 Å². The summed E-state index contributed by atoms with van der Waals surface area (Å²) in [6.07, 6.45) is 12.7. The van der Waals surface area contributed by atoms with Crippen molar-refractivity contribution >= 4 is 89.4 Å². The zero-order chi connectivity index (χ0) is 56.4. The fourth-order valence-electron chi connectivity index (χ4n) is 10.1. The molecule has 0 fully saturated rings. The van der Waals surface area contributed by atoms with E-state index in [2.05, 4.69) is 241 Å². The Morgan fingerprint density at radius 3 is 1.35 bits per heavy atom. The maximum Gasteiger partial charge on any atom is 0.123 e. The summed E-state index contributed by atoms with van der Waals surface area (Å²) in [6, 6.07) is 39.5. The van der Waals surface area contributed by atoms with Gasteiger partial charge in [-0.3, -0.25) is 0 Å². The minimum Gasteiger partial charge on any atom is -0.361 e. The average Bonchev–Trinajstić information content (AvgIpc) is 4.40. The van der Waals surface area contributed by atoms with Crippen LogP contribution in [0.4, 0.5) is 0 Å². The molecule has 12 nitrogen and oxygen atoms in total. The summed E-state index contributed by atoms with van der Waals surface area (Å²) in [5.41, 5.74) is 15.8. The number of benzene rings is 1. The van der Waals surface area contributed by atoms with Crippen molar-refractivity contribution in [2.45, 2.75) is 130 Å². The lowest BCUT2D eigenvalue weighted by atomic mass is 9.96. The Hall–Kier alpha value is -6.09. The van der Waals surface area contributed by atoms with Gasteiger partial charge >= 0.3 is 0 Å². The standard InChI is InChI=1S/C64H84N8O4Si4/c1-77(2,3)37-33-73-43-69-31-13-15-61(69)63-29-27-59(71(63)45-75-35-39-79(7,8)9)51-41-49-50(54-24-26-58(68-54)56-22-20-48(66-56)18-17-47-19-21-55(65-47)57-25-23-53(49)67-57)42-52(51)60-28-30-64(72(60)46-76-36-40-80(10,11)12)62-16-14-32-70(62)44-74-34-38-78(4,5)6/h13-32,41-42,65,68H,33-40,43-46H2,1-12H3. The molecule has 10 rings (SSSR count). The number of ether oxygens (including phenoxy) is 4. The van der Waals surface area contributed by atoms with Crippen molar-refractivity contribution in [2.75, 3.05) is 26.4 Å². The summed E-state index contributed by atoms with van der Waals surface area (Å²) < 4.78 is 35.7. The summed E-state index contributed by atoms with van der Waals surface area (Å²) in [5, 5.41) is 2.02. The molecule has 0 spiro atoms. The van der Waals surface area contributed by atoms with E-state index in [-0.39, 0.29) is 0 Å². The largest absolute Gasteiger partial charge is 0.361 e. The van der Waals surface area contributed by atoms with Crippen LogP contribution in [0.5, 0.6) is 0 Å². The number of nitrogens with zero attached hydrogens (tertiary/aromatic N) is 6. The van der Waals surface area contributed by atoms with Crippen molar-refractivity contribution in [1.82, 2.24) is 38.2 Å². The number of nitrogens with one attached hydrogen (secondary N) is 2. The molecule has 1 aromatic carbocycles. The van der Waals surface area contributed by atoms with Gasteiger partial charge in [0.2, 0.25) is 0 Å². The van der Waals surface area contributed by atoms with Gasteiger partial charge in [-0.15, -0.1) is 0 Å². The smallest absolute Gasteiger partial charge is 0.123 e. The van der Waals surface area contributed by atoms with Crippen LogP contribution in [-0.4, -0.2) is 96.9 Å². The van der Waals surface area contributed by atoms with E-state index < -0.39 is 32.3 Å². The number of fused-ring (bicyclic) bond motifs is 13. The Balaban J connectivity index is 1.23. The zero-order valence-electron chi connectivity index (χ0n) is 49.5. The van der Waals surface area contributed by atoms with Gasteiger partial charge in [-0.05, 0) is 146 Å². The lowest BCUT2D eigenvalue weighted by Crippen LogP contribution is -2.22. The molecule has 0 unspecified atom stereocenters. The molecule has 0 radical (unpaired) electrons. The normalized spacial score (nSPS) is 13.2. The number of H-pyrrole nitrogens is 2. The summed E-state index contributed by atoms with van der Waals surface area (Å²) in [4.78, 5) is 17.9. The first kappa shape index (κ1) is 57.2. The third-order valence-electron chi connectivity index (χ3n) is 15.0. The second kappa shape index (κ2) is 23.8. The highest BCUT2D eigenvalue weighted by molar-refractivity contribution is 6.77. The molecule has 80 heavy (non-hydrogen) atoms. The number of aromatic nitrogens is 8. The molecule has 8 bridgehead atoms. The van der Waals surface area contributed by atoms with Gasteiger partial charge in [-0.2, -0.15) is 0 Å². The first-order chi connectivity index (χ1) is 38.1. The highest BCUT2D eigenvalue weighted by Gasteiger charge is 2.25. The maximum absolute atomic E-state index is 6.83. The molecular formula is C64H84N8O4Si4. The SMILES string of the molecule is C[Si](C)(C)CCOCn1cccc1-c1ccc(-c2cc3c4nc(c5ccc(ccc6nc(c7ccc([nH]7)c3cc2-c2ccc(-c3cccn3COCC[Si](C)(C)C)n2COCC[Si](C)(C)C)C=C6)[nH]5)C=C4)n1COCC[Si](C)(C)C. The van der Waals surface area contributed by atoms with E-state index in [1.165, 1.54) is 0 Å². The van der Waals surface area contributed by atoms with E-state index in [1.54, 1.807) is 0 Å². The lowest BCUT2D eigenvalue weighted by Gasteiger charge is -2.22. The Labute approximate surface area is 477 Å². The van der Waals surface area contributed by atoms with E-state index in [0.29, 0.717) is 40.1 Å². The molecule has 0 saturated carbocycles. The Morgan fingerprint density at radius 1 is 0.388 bits per heavy atom. The average molecular weight is 1140 g/mol. The molecule has 420 valence electrons. The molecule has 2 aliphatic heterocycles. The van der Waals surface area contributed by atoms with Crippen LogP contribution in [-0.2, 0) is 45.9 Å². The van der Waals surface area contributed by atoms with Gasteiger partial charge in [0.15, 0.2) is 0 Å². The van der Waals surface area contributed by atoms with Crippen LogP contribution >= 0.6 is 0 Å². The molecule has 0 atom stereocenters. The van der Waals surface area contributed by atoms with Gasteiger partial charge in [0.05, 0.1) is 68.0 Å². The van der Waals surface area contributed by atoms with Crippen LogP contribution in [0.1, 0.15) is 22.8 Å². The molecule has 0 amide bonds. The third-order valence-corrected chi connectivity index (χ3v) is 21.8. The van der Waals surface area contributed by atoms with Crippen LogP contribution in [0.15, 0.2) is 109 Å². The van der Waals surface area contributed by atoms with E-state index >= 15 is 0 Å². The topological polar surface area (TPSA) is 114 Å². The number of hydrogen-bond acceptors (Lipinski definition) is 6. The minimum absolute atomic E-state index is 0.370. The minimum atomic E-state index is -1.40. The summed E-state index contributed by atoms with van der Waals surface area (Å²) in [7, 11) is -5.36. The van der Waals surface area contributed by atoms with Crippen molar-refractivity contribution < 1.29 is 18.9 Å². The van der Waals surface area contributed by atoms with Gasteiger partial charge in [0.1, 0.15) is 26.9 Å². The van der Waals surface area contributed by atoms with Gasteiger partial charge in [0.25, 0.3) is 0 Å². The molecule has 2 aliphatic rings. The first-order valence-electron chi connectivity index (χ1n) is 28.7. The highest BCUT2D eigenvalue weighted by atomic mass is 28.3. The van der Waals surface area contributed by atoms with E-state index in [4.69, 9.17) is 28.9 Å². The Bertz CT molecular complexity index is 3710. The van der Waals surface area contributed by atoms with Crippen LogP contribution in [0, 0.1) is 0 Å². The molecule has 0 saturated heterocycles.